The average molecular weight is 702 g/mol. The Bertz CT molecular complexity index is 2060. The van der Waals surface area contributed by atoms with Gasteiger partial charge < -0.3 is 5.32 Å². The largest absolute Gasteiger partial charge is 0.376 e. The van der Waals surface area contributed by atoms with Crippen LogP contribution in [-0.4, -0.2) is 22.1 Å². The van der Waals surface area contributed by atoms with Crippen molar-refractivity contribution in [3.05, 3.63) is 190 Å². The lowest BCUT2D eigenvalue weighted by Crippen LogP contribution is -2.34. The summed E-state index contributed by atoms with van der Waals surface area (Å²) in [5, 5.41) is 9.05. The number of thiol groups is 1. The first-order chi connectivity index (χ1) is 25.3. The maximum Gasteiger partial charge on any atom is 0.116 e. The Labute approximate surface area is 316 Å². The van der Waals surface area contributed by atoms with E-state index in [2.05, 4.69) is 182 Å². The van der Waals surface area contributed by atoms with Crippen LogP contribution >= 0.6 is 12.6 Å². The standard InChI is InChI=1S/C48H51N3S/c1-35-28-40(39-21-15-26-47(2,32-39)43-23-11-13-25-45(43)52)30-41(29-35)42-22-10-12-24-44(42)49-48(3)27-14-18-37(31-48)34-51-46(38-19-8-5-9-20-38)50(51)33-36-16-6-4-7-17-36/h4-12,14-24,26,28,30-31,35,46,49,52H,13,25,27,29,32-34H2,1-3H3/t35-,46?,47?,48?,50?,51?/m1/s1. The zero-order valence-electron chi connectivity index (χ0n) is 30.8. The molecule has 5 unspecified atom stereocenters. The van der Waals surface area contributed by atoms with E-state index >= 15 is 0 Å². The third-order valence-electron chi connectivity index (χ3n) is 11.3. The highest BCUT2D eigenvalue weighted by Gasteiger charge is 2.46. The van der Waals surface area contributed by atoms with Gasteiger partial charge in [-0.3, -0.25) is 0 Å². The number of allylic oxidation sites excluding steroid dienone is 12. The number of hydrazine groups is 1. The van der Waals surface area contributed by atoms with Crippen LogP contribution in [-0.2, 0) is 6.54 Å². The average Bonchev–Trinajstić information content (AvgIpc) is 3.82. The van der Waals surface area contributed by atoms with Crippen LogP contribution in [0.25, 0.3) is 5.57 Å². The number of anilines is 1. The minimum Gasteiger partial charge on any atom is -0.376 e. The maximum absolute atomic E-state index is 4.92. The summed E-state index contributed by atoms with van der Waals surface area (Å²) >= 11 is 4.92. The van der Waals surface area contributed by atoms with Crippen molar-refractivity contribution in [1.29, 1.82) is 0 Å². The molecule has 4 heteroatoms. The van der Waals surface area contributed by atoms with E-state index < -0.39 is 0 Å². The van der Waals surface area contributed by atoms with Gasteiger partial charge in [-0.1, -0.05) is 153 Å². The molecule has 3 nitrogen and oxygen atoms in total. The van der Waals surface area contributed by atoms with Crippen LogP contribution in [0.5, 0.6) is 0 Å². The van der Waals surface area contributed by atoms with Crippen molar-refractivity contribution in [3.8, 4) is 0 Å². The number of para-hydroxylation sites is 1. The zero-order chi connectivity index (χ0) is 35.7. The molecule has 1 heterocycles. The fourth-order valence-electron chi connectivity index (χ4n) is 8.70. The molecule has 0 amide bonds. The highest BCUT2D eigenvalue weighted by atomic mass is 32.1. The second kappa shape index (κ2) is 14.6. The fourth-order valence-corrected chi connectivity index (χ4v) is 9.16. The molecule has 1 fully saturated rings. The summed E-state index contributed by atoms with van der Waals surface area (Å²) in [4.78, 5) is 1.23. The van der Waals surface area contributed by atoms with Gasteiger partial charge in [-0.15, -0.1) is 12.6 Å². The summed E-state index contributed by atoms with van der Waals surface area (Å²) < 4.78 is 0. The van der Waals surface area contributed by atoms with E-state index in [1.807, 2.05) is 0 Å². The number of hydrogen-bond donors (Lipinski definition) is 2. The van der Waals surface area contributed by atoms with Crippen molar-refractivity contribution < 1.29 is 0 Å². The molecular weight excluding hydrogens is 651 g/mol. The fraction of sp³-hybridized carbons (Fsp3) is 0.292. The molecule has 5 aliphatic rings. The number of rotatable bonds is 10. The molecule has 0 bridgehead atoms. The van der Waals surface area contributed by atoms with Crippen molar-refractivity contribution in [1.82, 2.24) is 10.0 Å². The lowest BCUT2D eigenvalue weighted by atomic mass is 9.70. The first kappa shape index (κ1) is 34.7. The van der Waals surface area contributed by atoms with Crippen LogP contribution in [0.1, 0.15) is 75.7 Å². The minimum atomic E-state index is -0.202. The van der Waals surface area contributed by atoms with Crippen molar-refractivity contribution in [2.75, 3.05) is 11.9 Å². The maximum atomic E-state index is 4.92. The van der Waals surface area contributed by atoms with Crippen molar-refractivity contribution in [2.24, 2.45) is 11.3 Å². The third kappa shape index (κ3) is 7.43. The zero-order valence-corrected chi connectivity index (χ0v) is 31.7. The van der Waals surface area contributed by atoms with Gasteiger partial charge in [-0.25, -0.2) is 10.0 Å². The predicted octanol–water partition coefficient (Wildman–Crippen LogP) is 12.0. The number of nitrogens with one attached hydrogen (secondary N) is 1. The molecule has 3 aromatic carbocycles. The SMILES string of the molecule is C[C@@H]1C=C(C2=CC=CC(C)(C3=C(S)CCC=C3)C2)C=C(c2ccccc2NC2(C)C=C(CN3C(c4ccccc4)N3Cc3ccccc3)C=CC2)C1. The second-order valence-electron chi connectivity index (χ2n) is 15.8. The van der Waals surface area contributed by atoms with Crippen LogP contribution in [0.15, 0.2) is 173 Å². The van der Waals surface area contributed by atoms with Gasteiger partial charge >= 0.3 is 0 Å². The first-order valence-corrected chi connectivity index (χ1v) is 19.5. The molecule has 1 saturated heterocycles. The summed E-state index contributed by atoms with van der Waals surface area (Å²) in [6, 6.07) is 30.7. The Hall–Kier alpha value is -4.35. The van der Waals surface area contributed by atoms with Gasteiger partial charge in [-0.2, -0.15) is 0 Å². The van der Waals surface area contributed by atoms with E-state index in [1.165, 1.54) is 55.1 Å². The lowest BCUT2D eigenvalue weighted by Gasteiger charge is -2.35. The summed E-state index contributed by atoms with van der Waals surface area (Å²) in [5.74, 6) is 0.457. The molecule has 0 spiro atoms. The molecule has 1 N–H and O–H groups in total. The van der Waals surface area contributed by atoms with Crippen LogP contribution in [0.4, 0.5) is 5.69 Å². The van der Waals surface area contributed by atoms with Crippen LogP contribution in [0, 0.1) is 11.3 Å². The summed E-state index contributed by atoms with van der Waals surface area (Å²) in [5.41, 5.74) is 11.8. The van der Waals surface area contributed by atoms with Gasteiger partial charge in [-0.05, 0) is 94.9 Å². The van der Waals surface area contributed by atoms with E-state index in [0.717, 1.165) is 45.2 Å². The molecule has 52 heavy (non-hydrogen) atoms. The molecule has 4 aliphatic carbocycles. The van der Waals surface area contributed by atoms with Crippen LogP contribution in [0.2, 0.25) is 0 Å². The summed E-state index contributed by atoms with van der Waals surface area (Å²) in [7, 11) is 0. The van der Waals surface area contributed by atoms with Gasteiger partial charge in [0, 0.05) is 29.8 Å². The third-order valence-corrected chi connectivity index (χ3v) is 11.8. The normalized spacial score (nSPS) is 29.6. The molecule has 264 valence electrons. The topological polar surface area (TPSA) is 18.0 Å². The Kier molecular flexibility index (Phi) is 9.74. The van der Waals surface area contributed by atoms with Gasteiger partial charge in [0.2, 0.25) is 0 Å². The van der Waals surface area contributed by atoms with Gasteiger partial charge in [0.15, 0.2) is 0 Å². The van der Waals surface area contributed by atoms with Crippen molar-refractivity contribution in [2.45, 2.75) is 71.1 Å². The predicted molar refractivity (Wildman–Crippen MR) is 222 cm³/mol. The van der Waals surface area contributed by atoms with Gasteiger partial charge in [0.05, 0.1) is 5.54 Å². The number of benzene rings is 3. The van der Waals surface area contributed by atoms with E-state index in [4.69, 9.17) is 12.6 Å². The molecule has 8 rings (SSSR count). The van der Waals surface area contributed by atoms with Gasteiger partial charge in [0.25, 0.3) is 0 Å². The number of nitrogens with zero attached hydrogens (tertiary/aromatic N) is 2. The van der Waals surface area contributed by atoms with E-state index in [-0.39, 0.29) is 17.1 Å². The Morgan fingerprint density at radius 1 is 0.846 bits per heavy atom. The highest BCUT2D eigenvalue weighted by Crippen LogP contribution is 2.47. The summed E-state index contributed by atoms with van der Waals surface area (Å²) in [6.45, 7) is 8.86. The van der Waals surface area contributed by atoms with Crippen LogP contribution < -0.4 is 5.32 Å². The minimum absolute atomic E-state index is 0.0447. The molecule has 3 aromatic rings. The lowest BCUT2D eigenvalue weighted by molar-refractivity contribution is 0.318. The van der Waals surface area contributed by atoms with E-state index in [9.17, 15) is 0 Å². The Morgan fingerprint density at radius 3 is 2.40 bits per heavy atom. The molecule has 0 radical (unpaired) electrons. The van der Waals surface area contributed by atoms with Crippen LogP contribution in [0.3, 0.4) is 0 Å². The monoisotopic (exact) mass is 701 g/mol. The Morgan fingerprint density at radius 2 is 1.60 bits per heavy atom. The molecule has 1 aliphatic heterocycles. The smallest absolute Gasteiger partial charge is 0.116 e. The quantitative estimate of drug-likeness (QED) is 0.162. The molecule has 6 atom stereocenters. The van der Waals surface area contributed by atoms with Crippen molar-refractivity contribution >= 4 is 23.9 Å². The number of hydrogen-bond acceptors (Lipinski definition) is 4. The molecule has 0 saturated carbocycles. The molecular formula is C48H51N3S. The molecule has 0 aromatic heterocycles. The van der Waals surface area contributed by atoms with Crippen molar-refractivity contribution in [3.63, 3.8) is 0 Å². The first-order valence-electron chi connectivity index (χ1n) is 19.1. The second-order valence-corrected chi connectivity index (χ2v) is 16.3. The summed E-state index contributed by atoms with van der Waals surface area (Å²) in [6.07, 6.45) is 29.0. The van der Waals surface area contributed by atoms with Gasteiger partial charge in [0.1, 0.15) is 6.17 Å². The highest BCUT2D eigenvalue weighted by molar-refractivity contribution is 7.84. The Balaban J connectivity index is 1.02. The van der Waals surface area contributed by atoms with E-state index in [1.54, 1.807) is 0 Å². The van der Waals surface area contributed by atoms with E-state index in [0.29, 0.717) is 5.92 Å².